The van der Waals surface area contributed by atoms with E-state index >= 15 is 0 Å². The number of aliphatic hydroxyl groups is 4. The molecule has 4 aromatic rings. The first-order valence-corrected chi connectivity index (χ1v) is 11.4. The highest BCUT2D eigenvalue weighted by atomic mass is 19.1. The number of benzene rings is 1. The number of aromatic nitrogens is 8. The molecule has 1 aromatic carbocycles. The molecular formula is C22H25F2N9O6. The molecule has 5 rings (SSSR count). The van der Waals surface area contributed by atoms with Gasteiger partial charge in [0, 0.05) is 17.8 Å². The van der Waals surface area contributed by atoms with E-state index in [1.807, 2.05) is 0 Å². The highest BCUT2D eigenvalue weighted by Gasteiger charge is 2.43. The third-order valence-corrected chi connectivity index (χ3v) is 5.86. The Kier molecular flexibility index (Phi) is 8.36. The number of nitrogens with two attached hydrogens (primary N) is 1. The minimum atomic E-state index is -1.70. The number of nitrogen functional groups attached to an aromatic ring is 1. The van der Waals surface area contributed by atoms with Crippen LogP contribution in [0.1, 0.15) is 11.8 Å². The number of hydrogen-bond acceptors (Lipinski definition) is 12. The predicted octanol–water partition coefficient (Wildman–Crippen LogP) is -1.83. The van der Waals surface area contributed by atoms with Gasteiger partial charge in [-0.1, -0.05) is 6.07 Å². The lowest BCUT2D eigenvalue weighted by Gasteiger charge is -2.28. The fraction of sp³-hybridized carbons (Fsp3) is 0.364. The summed E-state index contributed by atoms with van der Waals surface area (Å²) >= 11 is 0. The molecule has 0 unspecified atom stereocenters. The Morgan fingerprint density at radius 1 is 1.03 bits per heavy atom. The molecule has 1 aliphatic rings. The lowest BCUT2D eigenvalue weighted by atomic mass is 9.93. The minimum absolute atomic E-state index is 0.0537. The second-order valence-electron chi connectivity index (χ2n) is 8.61. The lowest BCUT2D eigenvalue weighted by Crippen LogP contribution is -2.37. The van der Waals surface area contributed by atoms with Crippen molar-refractivity contribution in [3.8, 4) is 0 Å². The zero-order chi connectivity index (χ0) is 28.2. The molecular weight excluding hydrogens is 524 g/mol. The standard InChI is InChI=1S/C13H12F2N6O.C9H13N3O5/c14-10-1-2-11(12(15)3-10)13(22,4-20-8-16-6-18-20)5-21-9-17-7-19-21;10-5-1-2-12(9(16)11-5)8-7(15)6(14)4(3-13)17-8/h1-3,6-9,22H,4-5H2;1-2,4,6-8,13-15H,3H2,(H2,10,11,16)/t;4-,6-,7+,8-/m.1/s1. The van der Waals surface area contributed by atoms with Gasteiger partial charge in [0.1, 0.15) is 66.7 Å². The largest absolute Gasteiger partial charge is 0.394 e. The SMILES string of the molecule is Nc1ccn([C@@H]2O[C@H](CO)[C@@H](O)[C@@H]2O)c(=O)n1.OC(Cn1cncn1)(Cn1cncn1)c1ccc(F)cc1F. The second-order valence-corrected chi connectivity index (χ2v) is 8.61. The van der Waals surface area contributed by atoms with Gasteiger partial charge in [-0.3, -0.25) is 4.57 Å². The number of anilines is 1. The maximum Gasteiger partial charge on any atom is 0.351 e. The Hall–Kier alpha value is -4.16. The predicted molar refractivity (Wildman–Crippen MR) is 126 cm³/mol. The van der Waals surface area contributed by atoms with Crippen molar-refractivity contribution in [2.75, 3.05) is 12.3 Å². The molecule has 0 amide bonds. The zero-order valence-corrected chi connectivity index (χ0v) is 20.1. The Morgan fingerprint density at radius 2 is 1.67 bits per heavy atom. The van der Waals surface area contributed by atoms with E-state index in [2.05, 4.69) is 25.1 Å². The Balaban J connectivity index is 0.000000187. The zero-order valence-electron chi connectivity index (χ0n) is 20.1. The highest BCUT2D eigenvalue weighted by molar-refractivity contribution is 5.25. The fourth-order valence-corrected chi connectivity index (χ4v) is 3.98. The molecule has 1 saturated heterocycles. The average molecular weight is 549 g/mol. The number of nitrogens with zero attached hydrogens (tertiary/aromatic N) is 8. The van der Waals surface area contributed by atoms with Crippen molar-refractivity contribution >= 4 is 5.82 Å². The van der Waals surface area contributed by atoms with Crippen LogP contribution < -0.4 is 11.4 Å². The Labute approximate surface area is 218 Å². The van der Waals surface area contributed by atoms with Gasteiger partial charge in [0.25, 0.3) is 0 Å². The summed E-state index contributed by atoms with van der Waals surface area (Å²) in [7, 11) is 0. The molecule has 208 valence electrons. The van der Waals surface area contributed by atoms with Crippen molar-refractivity contribution in [1.29, 1.82) is 0 Å². The van der Waals surface area contributed by atoms with Gasteiger partial charge in [0.2, 0.25) is 0 Å². The molecule has 6 N–H and O–H groups in total. The first-order valence-electron chi connectivity index (χ1n) is 11.4. The van der Waals surface area contributed by atoms with Crippen molar-refractivity contribution in [2.45, 2.75) is 43.2 Å². The van der Waals surface area contributed by atoms with Crippen LogP contribution in [0.15, 0.2) is 60.6 Å². The summed E-state index contributed by atoms with van der Waals surface area (Å²) in [4.78, 5) is 22.6. The number of rotatable bonds is 7. The molecule has 0 spiro atoms. The second kappa shape index (κ2) is 11.7. The van der Waals surface area contributed by atoms with Crippen LogP contribution in [0, 0.1) is 11.6 Å². The molecule has 1 fully saturated rings. The van der Waals surface area contributed by atoms with E-state index in [4.69, 9.17) is 15.6 Å². The summed E-state index contributed by atoms with van der Waals surface area (Å²) in [6.45, 7) is -0.600. The van der Waals surface area contributed by atoms with Crippen LogP contribution in [0.3, 0.4) is 0 Å². The average Bonchev–Trinajstić information content (AvgIpc) is 3.64. The first kappa shape index (κ1) is 27.9. The number of hydrogen-bond donors (Lipinski definition) is 5. The van der Waals surface area contributed by atoms with Gasteiger partial charge < -0.3 is 30.9 Å². The van der Waals surface area contributed by atoms with Crippen molar-refractivity contribution in [3.63, 3.8) is 0 Å². The molecule has 0 saturated carbocycles. The van der Waals surface area contributed by atoms with Crippen LogP contribution in [0.2, 0.25) is 0 Å². The summed E-state index contributed by atoms with van der Waals surface area (Å²) in [6, 6.07) is 4.39. The molecule has 39 heavy (non-hydrogen) atoms. The Bertz CT molecular complexity index is 1380. The topological polar surface area (TPSA) is 212 Å². The van der Waals surface area contributed by atoms with Gasteiger partial charge in [-0.25, -0.2) is 32.9 Å². The smallest absolute Gasteiger partial charge is 0.351 e. The van der Waals surface area contributed by atoms with Crippen molar-refractivity contribution in [1.82, 2.24) is 39.1 Å². The quantitative estimate of drug-likeness (QED) is 0.172. The normalized spacial score (nSPS) is 21.0. The lowest BCUT2D eigenvalue weighted by molar-refractivity contribution is -0.0549. The molecule has 3 aromatic heterocycles. The van der Waals surface area contributed by atoms with Gasteiger partial charge >= 0.3 is 5.69 Å². The first-order chi connectivity index (χ1) is 18.6. The van der Waals surface area contributed by atoms with Crippen LogP contribution in [0.25, 0.3) is 0 Å². The van der Waals surface area contributed by atoms with Crippen LogP contribution >= 0.6 is 0 Å². The minimum Gasteiger partial charge on any atom is -0.394 e. The third kappa shape index (κ3) is 6.29. The van der Waals surface area contributed by atoms with Crippen LogP contribution in [-0.2, 0) is 23.4 Å². The molecule has 15 nitrogen and oxygen atoms in total. The van der Waals surface area contributed by atoms with Crippen molar-refractivity contribution in [2.24, 2.45) is 0 Å². The summed E-state index contributed by atoms with van der Waals surface area (Å²) in [6.07, 6.45) is 2.13. The van der Waals surface area contributed by atoms with E-state index in [-0.39, 0.29) is 24.5 Å². The van der Waals surface area contributed by atoms with E-state index in [1.165, 1.54) is 53.0 Å². The maximum absolute atomic E-state index is 14.1. The summed E-state index contributed by atoms with van der Waals surface area (Å²) in [5.41, 5.74) is 2.88. The van der Waals surface area contributed by atoms with E-state index in [1.54, 1.807) is 0 Å². The number of ether oxygens (including phenoxy) is 1. The summed E-state index contributed by atoms with van der Waals surface area (Å²) in [5, 5.41) is 46.9. The molecule has 0 bridgehead atoms. The third-order valence-electron chi connectivity index (χ3n) is 5.86. The highest BCUT2D eigenvalue weighted by Crippen LogP contribution is 2.29. The monoisotopic (exact) mass is 549 g/mol. The van der Waals surface area contributed by atoms with E-state index in [0.717, 1.165) is 16.7 Å². The fourth-order valence-electron chi connectivity index (χ4n) is 3.98. The van der Waals surface area contributed by atoms with Crippen LogP contribution in [0.5, 0.6) is 0 Å². The van der Waals surface area contributed by atoms with Gasteiger partial charge in [-0.15, -0.1) is 0 Å². The molecule has 0 aliphatic carbocycles. The van der Waals surface area contributed by atoms with Crippen molar-refractivity contribution in [3.05, 3.63) is 83.5 Å². The summed E-state index contributed by atoms with van der Waals surface area (Å²) < 4.78 is 36.1. The molecule has 1 aliphatic heterocycles. The molecule has 0 radical (unpaired) electrons. The van der Waals surface area contributed by atoms with E-state index < -0.39 is 54.1 Å². The van der Waals surface area contributed by atoms with Gasteiger partial charge in [-0.05, 0) is 12.1 Å². The van der Waals surface area contributed by atoms with Crippen LogP contribution in [0.4, 0.5) is 14.6 Å². The van der Waals surface area contributed by atoms with E-state index in [0.29, 0.717) is 0 Å². The summed E-state index contributed by atoms with van der Waals surface area (Å²) in [5.74, 6) is -1.51. The maximum atomic E-state index is 14.1. The van der Waals surface area contributed by atoms with Crippen LogP contribution in [-0.4, -0.2) is 84.4 Å². The van der Waals surface area contributed by atoms with Crippen molar-refractivity contribution < 1.29 is 33.9 Å². The molecule has 4 heterocycles. The number of halogens is 2. The van der Waals surface area contributed by atoms with Gasteiger partial charge in [-0.2, -0.15) is 15.2 Å². The molecule has 17 heteroatoms. The van der Waals surface area contributed by atoms with E-state index in [9.17, 15) is 28.9 Å². The molecule has 4 atom stereocenters. The Morgan fingerprint density at radius 3 is 2.15 bits per heavy atom. The van der Waals surface area contributed by atoms with Gasteiger partial charge in [0.05, 0.1) is 19.7 Å². The number of aliphatic hydroxyl groups excluding tert-OH is 3. The van der Waals surface area contributed by atoms with Gasteiger partial charge in [0.15, 0.2) is 6.23 Å².